The van der Waals surface area contributed by atoms with Crippen molar-refractivity contribution in [1.82, 2.24) is 19.9 Å². The second-order valence-corrected chi connectivity index (χ2v) is 2.05. The second kappa shape index (κ2) is 1.82. The largest absolute Gasteiger partial charge is 0.369 e. The van der Waals surface area contributed by atoms with Gasteiger partial charge in [0.1, 0.15) is 0 Å². The standard InChI is InChI=1S/C5H5N5O/c6-5-9-3-2(4(11)10-5)7-1-8-3/h1H,(H4,6,7,8,9,10,11)/i2+1,3+1,4+1,7+1. The maximum atomic E-state index is 11.0. The number of H-pyrrole nitrogens is 2. The molecule has 0 aromatic carbocycles. The Kier molecular flexibility index (Phi) is 0.974. The summed E-state index contributed by atoms with van der Waals surface area (Å²) in [5.74, 6) is 0.0783. The first kappa shape index (κ1) is 5.90. The average Bonchev–Trinajstić information content (AvgIpc) is 2.34. The molecule has 0 bridgehead atoms. The van der Waals surface area contributed by atoms with Crippen LogP contribution in [0.3, 0.4) is 0 Å². The normalized spacial score (nSPS) is 10.5. The number of hydrogen-bond acceptors (Lipinski definition) is 4. The van der Waals surface area contributed by atoms with Gasteiger partial charge in [0.25, 0.3) is 5.56 Å². The quantitative estimate of drug-likeness (QED) is 0.465. The summed E-state index contributed by atoms with van der Waals surface area (Å²) in [6.07, 6.45) is 1.40. The molecule has 0 aliphatic rings. The van der Waals surface area contributed by atoms with E-state index in [4.69, 9.17) is 5.73 Å². The Hall–Kier alpha value is -1.85. The molecule has 0 fully saturated rings. The topological polar surface area (TPSA) is 100 Å². The van der Waals surface area contributed by atoms with Crippen LogP contribution in [0.4, 0.5) is 5.95 Å². The zero-order chi connectivity index (χ0) is 7.84. The highest BCUT2D eigenvalue weighted by atomic mass is 16.2. The van der Waals surface area contributed by atoms with E-state index < -0.39 is 0 Å². The minimum atomic E-state index is -0.301. The van der Waals surface area contributed by atoms with E-state index in [1.54, 1.807) is 0 Å². The van der Waals surface area contributed by atoms with E-state index in [2.05, 4.69) is 19.9 Å². The van der Waals surface area contributed by atoms with Gasteiger partial charge in [0.05, 0.1) is 6.33 Å². The molecular weight excluding hydrogens is 150 g/mol. The minimum absolute atomic E-state index is 0.0783. The number of aromatic nitrogens is 4. The van der Waals surface area contributed by atoms with Crippen molar-refractivity contribution in [2.75, 3.05) is 5.73 Å². The third-order valence-electron chi connectivity index (χ3n) is 1.31. The van der Waals surface area contributed by atoms with Crippen molar-refractivity contribution >= 4 is 17.1 Å². The Morgan fingerprint density at radius 3 is 3.18 bits per heavy atom. The maximum absolute atomic E-state index is 11.0. The van der Waals surface area contributed by atoms with E-state index in [0.717, 1.165) is 0 Å². The molecule has 2 heterocycles. The number of imidazole rings is 1. The number of fused-ring (bicyclic) bond motifs is 1. The lowest BCUT2D eigenvalue weighted by Crippen LogP contribution is -2.10. The molecule has 0 amide bonds. The summed E-state index contributed by atoms with van der Waals surface area (Å²) in [6, 6.07) is 0. The lowest BCUT2D eigenvalue weighted by Gasteiger charge is -1.89. The van der Waals surface area contributed by atoms with Crippen LogP contribution in [-0.4, -0.2) is 19.9 Å². The monoisotopic (exact) mass is 155 g/mol. The van der Waals surface area contributed by atoms with Crippen LogP contribution in [0.5, 0.6) is 0 Å². The second-order valence-electron chi connectivity index (χ2n) is 2.05. The van der Waals surface area contributed by atoms with Gasteiger partial charge in [-0.05, 0) is 0 Å². The molecule has 2 aromatic rings. The van der Waals surface area contributed by atoms with Crippen molar-refractivity contribution in [1.29, 1.82) is 0 Å². The van der Waals surface area contributed by atoms with Crippen molar-refractivity contribution in [2.45, 2.75) is 0 Å². The number of anilines is 1. The fourth-order valence-corrected chi connectivity index (χ4v) is 0.860. The molecule has 2 aromatic heterocycles. The molecule has 6 heteroatoms. The highest BCUT2D eigenvalue weighted by Gasteiger charge is 2.01. The van der Waals surface area contributed by atoms with E-state index >= 15 is 0 Å². The predicted octanol–water partition coefficient (Wildman–Crippen LogP) is -0.772. The van der Waals surface area contributed by atoms with Crippen LogP contribution < -0.4 is 11.3 Å². The number of aromatic amines is 2. The summed E-state index contributed by atoms with van der Waals surface area (Å²) in [7, 11) is 0. The Morgan fingerprint density at radius 2 is 2.36 bits per heavy atom. The van der Waals surface area contributed by atoms with E-state index in [1.807, 2.05) is 0 Å². The molecule has 2 rings (SSSR count). The molecular formula is C5H5N5O. The highest BCUT2D eigenvalue weighted by Crippen LogP contribution is 1.98. The molecule has 4 N–H and O–H groups in total. The molecule has 6 nitrogen and oxygen atoms in total. The van der Waals surface area contributed by atoms with Gasteiger partial charge in [0.2, 0.25) is 5.95 Å². The summed E-state index contributed by atoms with van der Waals surface area (Å²) >= 11 is 0. The number of nitrogens with two attached hydrogens (primary N) is 1. The Bertz CT molecular complexity index is 441. The van der Waals surface area contributed by atoms with Gasteiger partial charge < -0.3 is 10.7 Å². The van der Waals surface area contributed by atoms with Crippen molar-refractivity contribution in [3.63, 3.8) is 0 Å². The molecule has 0 unspecified atom stereocenters. The summed E-state index contributed by atoms with van der Waals surface area (Å²) in [5, 5.41) is 0. The van der Waals surface area contributed by atoms with Crippen LogP contribution in [-0.2, 0) is 0 Å². The van der Waals surface area contributed by atoms with Crippen molar-refractivity contribution < 1.29 is 0 Å². The van der Waals surface area contributed by atoms with Crippen molar-refractivity contribution in [3.05, 3.63) is 16.7 Å². The van der Waals surface area contributed by atoms with Crippen molar-refractivity contribution in [3.8, 4) is 0 Å². The van der Waals surface area contributed by atoms with E-state index in [1.165, 1.54) is 6.33 Å². The fraction of sp³-hybridized carbons (Fsp3) is 0. The Labute approximate surface area is 60.5 Å². The molecule has 0 spiro atoms. The Balaban J connectivity index is 3.02. The van der Waals surface area contributed by atoms with Crippen LogP contribution in [0, 0.1) is 0 Å². The van der Waals surface area contributed by atoms with E-state index in [9.17, 15) is 4.79 Å². The number of nitrogens with zero attached hydrogens (tertiary/aromatic N) is 2. The third kappa shape index (κ3) is 0.759. The molecule has 0 atom stereocenters. The molecule has 0 saturated heterocycles. The zero-order valence-corrected chi connectivity index (χ0v) is 5.46. The highest BCUT2D eigenvalue weighted by molar-refractivity contribution is 5.69. The van der Waals surface area contributed by atoms with Gasteiger partial charge in [-0.1, -0.05) is 0 Å². The molecule has 11 heavy (non-hydrogen) atoms. The van der Waals surface area contributed by atoms with Crippen LogP contribution in [0.1, 0.15) is 0 Å². The first-order valence-electron chi connectivity index (χ1n) is 2.96. The van der Waals surface area contributed by atoms with Gasteiger partial charge in [-0.2, -0.15) is 4.98 Å². The van der Waals surface area contributed by atoms with Gasteiger partial charge in [0.15, 0.2) is 11.2 Å². The van der Waals surface area contributed by atoms with Gasteiger partial charge in [-0.25, -0.2) is 4.98 Å². The van der Waals surface area contributed by atoms with Crippen LogP contribution in [0.25, 0.3) is 11.2 Å². The summed E-state index contributed by atoms with van der Waals surface area (Å²) in [6.45, 7) is 0. The van der Waals surface area contributed by atoms with Gasteiger partial charge in [-0.15, -0.1) is 0 Å². The summed E-state index contributed by atoms with van der Waals surface area (Å²) in [5.41, 5.74) is 5.65. The molecule has 0 aliphatic carbocycles. The lowest BCUT2D eigenvalue weighted by molar-refractivity contribution is 1.17. The van der Waals surface area contributed by atoms with Crippen LogP contribution in [0.2, 0.25) is 0 Å². The number of nitrogens with one attached hydrogen (secondary N) is 2. The zero-order valence-electron chi connectivity index (χ0n) is 5.46. The number of nitrogen functional groups attached to an aromatic ring is 1. The molecule has 0 radical (unpaired) electrons. The van der Waals surface area contributed by atoms with Gasteiger partial charge in [-0.3, -0.25) is 9.78 Å². The first-order chi connectivity index (χ1) is 5.27. The van der Waals surface area contributed by atoms with E-state index in [0.29, 0.717) is 11.2 Å². The predicted molar refractivity (Wildman–Crippen MR) is 38.9 cm³/mol. The molecule has 0 saturated carbocycles. The minimum Gasteiger partial charge on any atom is -0.369 e. The first-order valence-corrected chi connectivity index (χ1v) is 2.96. The van der Waals surface area contributed by atoms with E-state index in [-0.39, 0.29) is 11.5 Å². The number of hydrogen-bond donors (Lipinski definition) is 3. The molecule has 0 aliphatic heterocycles. The third-order valence-corrected chi connectivity index (χ3v) is 1.31. The van der Waals surface area contributed by atoms with Crippen molar-refractivity contribution in [2.24, 2.45) is 0 Å². The maximum Gasteiger partial charge on any atom is 0.278 e. The Morgan fingerprint density at radius 1 is 1.55 bits per heavy atom. The van der Waals surface area contributed by atoms with Gasteiger partial charge in [0, 0.05) is 0 Å². The summed E-state index contributed by atoms with van der Waals surface area (Å²) < 4.78 is 0. The van der Waals surface area contributed by atoms with Crippen LogP contribution in [0.15, 0.2) is 11.1 Å². The number of rotatable bonds is 0. The average molecular weight is 155 g/mol. The smallest absolute Gasteiger partial charge is 0.278 e. The van der Waals surface area contributed by atoms with Gasteiger partial charge >= 0.3 is 0 Å². The SMILES string of the molecule is Nc1n[13c]2nc[15nH][13c]2[13c](=O)[nH]1. The summed E-state index contributed by atoms with van der Waals surface area (Å²) in [4.78, 5) is 23.5. The fourth-order valence-electron chi connectivity index (χ4n) is 0.860. The van der Waals surface area contributed by atoms with Crippen LogP contribution >= 0.6 is 0 Å². The lowest BCUT2D eigenvalue weighted by atomic mass is 11.1. The molecule has 56 valence electrons.